The van der Waals surface area contributed by atoms with Gasteiger partial charge in [-0.2, -0.15) is 0 Å². The van der Waals surface area contributed by atoms with Crippen LogP contribution in [0.15, 0.2) is 22.7 Å². The predicted molar refractivity (Wildman–Crippen MR) is 72.5 cm³/mol. The molecule has 1 aromatic rings. The Morgan fingerprint density at radius 2 is 2.24 bits per heavy atom. The van der Waals surface area contributed by atoms with Gasteiger partial charge in [0.2, 0.25) is 0 Å². The molecule has 0 bridgehead atoms. The number of nitrogens with one attached hydrogen (secondary N) is 1. The second-order valence-electron chi connectivity index (χ2n) is 4.06. The van der Waals surface area contributed by atoms with Crippen molar-refractivity contribution in [2.24, 2.45) is 5.92 Å². The van der Waals surface area contributed by atoms with Crippen molar-refractivity contribution in [2.45, 2.75) is 13.3 Å². The predicted octanol–water partition coefficient (Wildman–Crippen LogP) is 2.42. The van der Waals surface area contributed by atoms with Crippen LogP contribution in [-0.2, 0) is 11.2 Å². The van der Waals surface area contributed by atoms with Gasteiger partial charge < -0.3 is 10.1 Å². The van der Waals surface area contributed by atoms with Crippen LogP contribution in [0.5, 0.6) is 5.75 Å². The first-order valence-corrected chi connectivity index (χ1v) is 6.37. The van der Waals surface area contributed by atoms with E-state index in [1.807, 2.05) is 32.2 Å². The van der Waals surface area contributed by atoms with Crippen molar-refractivity contribution >= 4 is 21.7 Å². The first-order valence-electron chi connectivity index (χ1n) is 5.58. The maximum Gasteiger partial charge on any atom is 0.141 e. The molecule has 17 heavy (non-hydrogen) atoms. The molecule has 0 aromatic heterocycles. The molecule has 0 saturated heterocycles. The van der Waals surface area contributed by atoms with E-state index in [1.165, 1.54) is 0 Å². The molecule has 1 unspecified atom stereocenters. The van der Waals surface area contributed by atoms with Crippen molar-refractivity contribution in [3.05, 3.63) is 28.2 Å². The molecule has 0 radical (unpaired) electrons. The molecule has 1 atom stereocenters. The lowest BCUT2D eigenvalue weighted by molar-refractivity contribution is -0.121. The van der Waals surface area contributed by atoms with E-state index in [0.717, 1.165) is 15.8 Å². The Hall–Kier alpha value is -0.870. The standard InChI is InChI=1S/C13H18BrNO2/c1-9(8-15-2)13(16)7-10-6-11(17-3)4-5-12(10)14/h4-6,9,15H,7-8H2,1-3H3. The summed E-state index contributed by atoms with van der Waals surface area (Å²) in [6.07, 6.45) is 0.431. The Morgan fingerprint density at radius 1 is 1.53 bits per heavy atom. The van der Waals surface area contributed by atoms with Crippen LogP contribution in [0, 0.1) is 5.92 Å². The number of ether oxygens (including phenoxy) is 1. The zero-order valence-corrected chi connectivity index (χ0v) is 12.0. The highest BCUT2D eigenvalue weighted by Crippen LogP contribution is 2.23. The molecular formula is C13H18BrNO2. The molecule has 4 heteroatoms. The Labute approximate surface area is 111 Å². The SMILES string of the molecule is CNCC(C)C(=O)Cc1cc(OC)ccc1Br. The fraction of sp³-hybridized carbons (Fsp3) is 0.462. The quantitative estimate of drug-likeness (QED) is 0.877. The lowest BCUT2D eigenvalue weighted by Crippen LogP contribution is -2.25. The molecule has 1 aromatic carbocycles. The molecule has 0 fully saturated rings. The van der Waals surface area contributed by atoms with E-state index in [-0.39, 0.29) is 11.7 Å². The van der Waals surface area contributed by atoms with Gasteiger partial charge in [-0.05, 0) is 30.8 Å². The molecule has 0 amide bonds. The number of methoxy groups -OCH3 is 1. The second kappa shape index (κ2) is 6.77. The molecule has 94 valence electrons. The number of Topliss-reactive ketones (excluding diaryl/α,β-unsaturated/α-hetero) is 1. The van der Waals surface area contributed by atoms with Crippen molar-refractivity contribution in [3.8, 4) is 5.75 Å². The summed E-state index contributed by atoms with van der Waals surface area (Å²) < 4.78 is 6.10. The fourth-order valence-corrected chi connectivity index (χ4v) is 1.98. The van der Waals surface area contributed by atoms with Crippen molar-refractivity contribution in [3.63, 3.8) is 0 Å². The van der Waals surface area contributed by atoms with E-state index >= 15 is 0 Å². The third-order valence-electron chi connectivity index (χ3n) is 2.68. The van der Waals surface area contributed by atoms with Crippen molar-refractivity contribution in [1.29, 1.82) is 0 Å². The number of benzene rings is 1. The summed E-state index contributed by atoms with van der Waals surface area (Å²) in [7, 11) is 3.48. The highest BCUT2D eigenvalue weighted by Gasteiger charge is 2.14. The molecule has 0 aliphatic heterocycles. The third-order valence-corrected chi connectivity index (χ3v) is 3.45. The average molecular weight is 300 g/mol. The summed E-state index contributed by atoms with van der Waals surface area (Å²) in [5, 5.41) is 3.01. The van der Waals surface area contributed by atoms with E-state index in [0.29, 0.717) is 13.0 Å². The molecule has 3 nitrogen and oxygen atoms in total. The van der Waals surface area contributed by atoms with E-state index < -0.39 is 0 Å². The summed E-state index contributed by atoms with van der Waals surface area (Å²) in [6.45, 7) is 2.65. The monoisotopic (exact) mass is 299 g/mol. The van der Waals surface area contributed by atoms with E-state index in [1.54, 1.807) is 7.11 Å². The highest BCUT2D eigenvalue weighted by molar-refractivity contribution is 9.10. The number of rotatable bonds is 6. The Balaban J connectivity index is 2.76. The lowest BCUT2D eigenvalue weighted by Gasteiger charge is -2.11. The van der Waals surface area contributed by atoms with Gasteiger partial charge in [0.1, 0.15) is 11.5 Å². The van der Waals surface area contributed by atoms with Crippen LogP contribution in [0.3, 0.4) is 0 Å². The third kappa shape index (κ3) is 4.13. The van der Waals surface area contributed by atoms with Crippen molar-refractivity contribution in [1.82, 2.24) is 5.32 Å². The number of ketones is 1. The topological polar surface area (TPSA) is 38.3 Å². The number of halogens is 1. The highest BCUT2D eigenvalue weighted by atomic mass is 79.9. The summed E-state index contributed by atoms with van der Waals surface area (Å²) in [6, 6.07) is 5.67. The molecule has 1 rings (SSSR count). The van der Waals surface area contributed by atoms with Crippen molar-refractivity contribution in [2.75, 3.05) is 20.7 Å². The number of hydrogen-bond donors (Lipinski definition) is 1. The van der Waals surface area contributed by atoms with E-state index in [9.17, 15) is 4.79 Å². The van der Waals surface area contributed by atoms with Gasteiger partial charge >= 0.3 is 0 Å². The molecular weight excluding hydrogens is 282 g/mol. The Morgan fingerprint density at radius 3 is 2.82 bits per heavy atom. The molecule has 1 N–H and O–H groups in total. The molecule has 0 saturated carbocycles. The van der Waals surface area contributed by atoms with Gasteiger partial charge in [0, 0.05) is 23.4 Å². The first kappa shape index (κ1) is 14.2. The maximum atomic E-state index is 12.0. The number of carbonyl (C=O) groups excluding carboxylic acids is 1. The van der Waals surface area contributed by atoms with Crippen LogP contribution >= 0.6 is 15.9 Å². The van der Waals surface area contributed by atoms with Gasteiger partial charge in [0.15, 0.2) is 0 Å². The summed E-state index contributed by atoms with van der Waals surface area (Å²) in [4.78, 5) is 12.0. The second-order valence-corrected chi connectivity index (χ2v) is 4.91. The molecule has 0 spiro atoms. The summed E-state index contributed by atoms with van der Waals surface area (Å²) >= 11 is 3.45. The summed E-state index contributed by atoms with van der Waals surface area (Å²) in [5.74, 6) is 1.03. The minimum atomic E-state index is 0.0260. The van der Waals surface area contributed by atoms with E-state index in [2.05, 4.69) is 21.2 Å². The molecule has 0 heterocycles. The van der Waals surface area contributed by atoms with Crippen molar-refractivity contribution < 1.29 is 9.53 Å². The minimum absolute atomic E-state index is 0.0260. The lowest BCUT2D eigenvalue weighted by atomic mass is 9.99. The minimum Gasteiger partial charge on any atom is -0.497 e. The van der Waals surface area contributed by atoms with Crippen LogP contribution in [0.4, 0.5) is 0 Å². The van der Waals surface area contributed by atoms with Gasteiger partial charge in [-0.25, -0.2) is 0 Å². The Kier molecular flexibility index (Phi) is 5.65. The van der Waals surface area contributed by atoms with Crippen LogP contribution in [0.1, 0.15) is 12.5 Å². The zero-order valence-electron chi connectivity index (χ0n) is 10.4. The average Bonchev–Trinajstić information content (AvgIpc) is 2.32. The zero-order chi connectivity index (χ0) is 12.8. The number of carbonyl (C=O) groups is 1. The van der Waals surface area contributed by atoms with Crippen LogP contribution in [0.25, 0.3) is 0 Å². The van der Waals surface area contributed by atoms with Crippen LogP contribution < -0.4 is 10.1 Å². The van der Waals surface area contributed by atoms with Gasteiger partial charge in [0.05, 0.1) is 7.11 Å². The van der Waals surface area contributed by atoms with Gasteiger partial charge in [0.25, 0.3) is 0 Å². The smallest absolute Gasteiger partial charge is 0.141 e. The molecule has 0 aliphatic rings. The first-order chi connectivity index (χ1) is 8.08. The van der Waals surface area contributed by atoms with Gasteiger partial charge in [-0.1, -0.05) is 22.9 Å². The van der Waals surface area contributed by atoms with Gasteiger partial charge in [-0.3, -0.25) is 4.79 Å². The maximum absolute atomic E-state index is 12.0. The van der Waals surface area contributed by atoms with Crippen LogP contribution in [0.2, 0.25) is 0 Å². The van der Waals surface area contributed by atoms with E-state index in [4.69, 9.17) is 4.74 Å². The fourth-order valence-electron chi connectivity index (χ4n) is 1.60. The Bertz CT molecular complexity index is 393. The largest absolute Gasteiger partial charge is 0.497 e. The van der Waals surface area contributed by atoms with Gasteiger partial charge in [-0.15, -0.1) is 0 Å². The normalized spacial score (nSPS) is 12.2. The number of hydrogen-bond acceptors (Lipinski definition) is 3. The summed E-state index contributed by atoms with van der Waals surface area (Å²) in [5.41, 5.74) is 0.970. The van der Waals surface area contributed by atoms with Crippen LogP contribution in [-0.4, -0.2) is 26.5 Å². The molecule has 0 aliphatic carbocycles.